The molecule has 28 heavy (non-hydrogen) atoms. The molecule has 0 aromatic heterocycles. The first kappa shape index (κ1) is 19.9. The van der Waals surface area contributed by atoms with Crippen LogP contribution >= 0.6 is 0 Å². The fraction of sp³-hybridized carbons (Fsp3) is 0.364. The number of rotatable bonds is 7. The molecule has 6 nitrogen and oxygen atoms in total. The third-order valence-electron chi connectivity index (χ3n) is 4.85. The SMILES string of the molecule is NCCOc1ccc(NC(=O)C2CCCN(C(=O)Cc3ccccc3)C2)cc1. The molecule has 0 aliphatic carbocycles. The van der Waals surface area contributed by atoms with E-state index in [1.807, 2.05) is 59.5 Å². The highest BCUT2D eigenvalue weighted by Crippen LogP contribution is 2.21. The van der Waals surface area contributed by atoms with Crippen LogP contribution < -0.4 is 15.8 Å². The van der Waals surface area contributed by atoms with Crippen molar-refractivity contribution in [3.63, 3.8) is 0 Å². The lowest BCUT2D eigenvalue weighted by atomic mass is 9.96. The molecule has 1 aliphatic heterocycles. The Hall–Kier alpha value is -2.86. The maximum absolute atomic E-state index is 12.7. The molecular formula is C22H27N3O3. The normalized spacial score (nSPS) is 16.5. The van der Waals surface area contributed by atoms with Gasteiger partial charge < -0.3 is 20.7 Å². The molecule has 1 fully saturated rings. The van der Waals surface area contributed by atoms with Crippen molar-refractivity contribution in [1.29, 1.82) is 0 Å². The summed E-state index contributed by atoms with van der Waals surface area (Å²) >= 11 is 0. The standard InChI is InChI=1S/C22H27N3O3/c23-12-14-28-20-10-8-19(9-11-20)24-22(27)18-7-4-13-25(16-18)21(26)15-17-5-2-1-3-6-17/h1-3,5-6,8-11,18H,4,7,12-16,23H2,(H,24,27). The van der Waals surface area contributed by atoms with Crippen molar-refractivity contribution >= 4 is 17.5 Å². The summed E-state index contributed by atoms with van der Waals surface area (Å²) in [4.78, 5) is 27.1. The number of benzene rings is 2. The Balaban J connectivity index is 1.53. The zero-order chi connectivity index (χ0) is 19.8. The predicted octanol–water partition coefficient (Wildman–Crippen LogP) is 2.44. The van der Waals surface area contributed by atoms with Crippen LogP contribution in [0.1, 0.15) is 18.4 Å². The van der Waals surface area contributed by atoms with Gasteiger partial charge in [0.15, 0.2) is 0 Å². The van der Waals surface area contributed by atoms with Crippen molar-refractivity contribution in [2.75, 3.05) is 31.6 Å². The average molecular weight is 381 g/mol. The number of likely N-dealkylation sites (tertiary alicyclic amines) is 1. The molecule has 1 atom stereocenters. The van der Waals surface area contributed by atoms with E-state index in [0.29, 0.717) is 32.7 Å². The van der Waals surface area contributed by atoms with Crippen molar-refractivity contribution in [2.24, 2.45) is 11.7 Å². The second-order valence-corrected chi connectivity index (χ2v) is 6.99. The van der Waals surface area contributed by atoms with E-state index in [4.69, 9.17) is 10.5 Å². The monoisotopic (exact) mass is 381 g/mol. The minimum Gasteiger partial charge on any atom is -0.492 e. The Labute approximate surface area is 165 Å². The number of ether oxygens (including phenoxy) is 1. The molecule has 2 amide bonds. The van der Waals surface area contributed by atoms with Gasteiger partial charge in [0, 0.05) is 25.3 Å². The van der Waals surface area contributed by atoms with E-state index in [0.717, 1.165) is 29.8 Å². The Kier molecular flexibility index (Phi) is 7.03. The molecular weight excluding hydrogens is 354 g/mol. The van der Waals surface area contributed by atoms with E-state index in [2.05, 4.69) is 5.32 Å². The summed E-state index contributed by atoms with van der Waals surface area (Å²) < 4.78 is 5.44. The summed E-state index contributed by atoms with van der Waals surface area (Å²) in [5.74, 6) is 0.554. The third-order valence-corrected chi connectivity index (χ3v) is 4.85. The molecule has 0 radical (unpaired) electrons. The fourth-order valence-corrected chi connectivity index (χ4v) is 3.36. The maximum atomic E-state index is 12.7. The van der Waals surface area contributed by atoms with Crippen LogP contribution in [-0.4, -0.2) is 43.0 Å². The largest absolute Gasteiger partial charge is 0.492 e. The summed E-state index contributed by atoms with van der Waals surface area (Å²) in [7, 11) is 0. The van der Waals surface area contributed by atoms with Crippen molar-refractivity contribution in [1.82, 2.24) is 4.90 Å². The Morgan fingerprint density at radius 1 is 1.11 bits per heavy atom. The van der Waals surface area contributed by atoms with Gasteiger partial charge in [-0.2, -0.15) is 0 Å². The highest BCUT2D eigenvalue weighted by Gasteiger charge is 2.28. The molecule has 1 aliphatic rings. The molecule has 1 saturated heterocycles. The van der Waals surface area contributed by atoms with Crippen LogP contribution in [0.15, 0.2) is 54.6 Å². The van der Waals surface area contributed by atoms with E-state index < -0.39 is 0 Å². The van der Waals surface area contributed by atoms with Gasteiger partial charge in [-0.3, -0.25) is 9.59 Å². The Morgan fingerprint density at radius 3 is 2.57 bits per heavy atom. The lowest BCUT2D eigenvalue weighted by Crippen LogP contribution is -2.44. The number of nitrogens with two attached hydrogens (primary N) is 1. The van der Waals surface area contributed by atoms with Gasteiger partial charge in [-0.25, -0.2) is 0 Å². The molecule has 3 N–H and O–H groups in total. The van der Waals surface area contributed by atoms with Crippen LogP contribution in [0, 0.1) is 5.92 Å². The van der Waals surface area contributed by atoms with E-state index in [-0.39, 0.29) is 17.7 Å². The number of carbonyl (C=O) groups excluding carboxylic acids is 2. The smallest absolute Gasteiger partial charge is 0.229 e. The molecule has 2 aromatic rings. The lowest BCUT2D eigenvalue weighted by molar-refractivity contribution is -0.133. The van der Waals surface area contributed by atoms with Gasteiger partial charge in [0.05, 0.1) is 12.3 Å². The molecule has 3 rings (SSSR count). The zero-order valence-corrected chi connectivity index (χ0v) is 16.0. The van der Waals surface area contributed by atoms with E-state index in [1.165, 1.54) is 0 Å². The number of anilines is 1. The van der Waals surface area contributed by atoms with Crippen LogP contribution in [0.4, 0.5) is 5.69 Å². The number of amides is 2. The molecule has 148 valence electrons. The van der Waals surface area contributed by atoms with Crippen molar-refractivity contribution in [3.05, 3.63) is 60.2 Å². The van der Waals surface area contributed by atoms with E-state index in [1.54, 1.807) is 0 Å². The minimum absolute atomic E-state index is 0.0483. The van der Waals surface area contributed by atoms with Gasteiger partial charge in [-0.1, -0.05) is 30.3 Å². The number of hydrogen-bond donors (Lipinski definition) is 2. The van der Waals surface area contributed by atoms with Crippen LogP contribution in [0.25, 0.3) is 0 Å². The lowest BCUT2D eigenvalue weighted by Gasteiger charge is -2.32. The first-order chi connectivity index (χ1) is 13.7. The van der Waals surface area contributed by atoms with Crippen molar-refractivity contribution < 1.29 is 14.3 Å². The number of nitrogens with zero attached hydrogens (tertiary/aromatic N) is 1. The van der Waals surface area contributed by atoms with Crippen LogP contribution in [0.3, 0.4) is 0 Å². The van der Waals surface area contributed by atoms with Gasteiger partial charge in [0.2, 0.25) is 11.8 Å². The van der Waals surface area contributed by atoms with Crippen molar-refractivity contribution in [2.45, 2.75) is 19.3 Å². The molecule has 1 heterocycles. The van der Waals surface area contributed by atoms with Crippen molar-refractivity contribution in [3.8, 4) is 5.75 Å². The van der Waals surface area contributed by atoms with Gasteiger partial charge in [-0.15, -0.1) is 0 Å². The average Bonchev–Trinajstić information content (AvgIpc) is 2.74. The van der Waals surface area contributed by atoms with Gasteiger partial charge in [0.25, 0.3) is 0 Å². The summed E-state index contributed by atoms with van der Waals surface area (Å²) in [5, 5.41) is 2.95. The Morgan fingerprint density at radius 2 is 1.86 bits per heavy atom. The predicted molar refractivity (Wildman–Crippen MR) is 109 cm³/mol. The second-order valence-electron chi connectivity index (χ2n) is 6.99. The van der Waals surface area contributed by atoms with Gasteiger partial charge in [-0.05, 0) is 42.7 Å². The molecule has 2 aromatic carbocycles. The summed E-state index contributed by atoms with van der Waals surface area (Å²) in [6, 6.07) is 16.9. The fourth-order valence-electron chi connectivity index (χ4n) is 3.36. The van der Waals surface area contributed by atoms with Gasteiger partial charge in [0.1, 0.15) is 12.4 Å². The molecule has 6 heteroatoms. The van der Waals surface area contributed by atoms with Gasteiger partial charge >= 0.3 is 0 Å². The second kappa shape index (κ2) is 9.90. The maximum Gasteiger partial charge on any atom is 0.229 e. The summed E-state index contributed by atoms with van der Waals surface area (Å²) in [5.41, 5.74) is 7.14. The summed E-state index contributed by atoms with van der Waals surface area (Å²) in [6.07, 6.45) is 2.00. The third kappa shape index (κ3) is 5.57. The van der Waals surface area contributed by atoms with E-state index in [9.17, 15) is 9.59 Å². The van der Waals surface area contributed by atoms with Crippen LogP contribution in [-0.2, 0) is 16.0 Å². The summed E-state index contributed by atoms with van der Waals surface area (Å²) in [6.45, 7) is 2.10. The molecule has 0 spiro atoms. The number of hydrogen-bond acceptors (Lipinski definition) is 4. The molecule has 0 bridgehead atoms. The highest BCUT2D eigenvalue weighted by atomic mass is 16.5. The number of carbonyl (C=O) groups is 2. The number of piperidine rings is 1. The first-order valence-corrected chi connectivity index (χ1v) is 9.71. The first-order valence-electron chi connectivity index (χ1n) is 9.71. The Bertz CT molecular complexity index is 777. The topological polar surface area (TPSA) is 84.7 Å². The zero-order valence-electron chi connectivity index (χ0n) is 16.0. The quantitative estimate of drug-likeness (QED) is 0.772. The van der Waals surface area contributed by atoms with Crippen LogP contribution in [0.2, 0.25) is 0 Å². The number of nitrogens with one attached hydrogen (secondary N) is 1. The molecule has 1 unspecified atom stereocenters. The van der Waals surface area contributed by atoms with Crippen LogP contribution in [0.5, 0.6) is 5.75 Å². The minimum atomic E-state index is -0.193. The molecule has 0 saturated carbocycles. The van der Waals surface area contributed by atoms with E-state index >= 15 is 0 Å². The highest BCUT2D eigenvalue weighted by molar-refractivity contribution is 5.93.